The fourth-order valence-corrected chi connectivity index (χ4v) is 5.56. The molecule has 0 heterocycles. The van der Waals surface area contributed by atoms with E-state index in [1.165, 1.54) is 31.9 Å². The fourth-order valence-electron chi connectivity index (χ4n) is 3.89. The van der Waals surface area contributed by atoms with Crippen molar-refractivity contribution in [1.29, 1.82) is 0 Å². The van der Waals surface area contributed by atoms with Gasteiger partial charge in [-0.05, 0) is 25.7 Å². The Bertz CT molecular complexity index is 387. The first-order chi connectivity index (χ1) is 8.98. The van der Waals surface area contributed by atoms with E-state index in [1.54, 1.807) is 0 Å². The lowest BCUT2D eigenvalue weighted by atomic mass is 9.95. The van der Waals surface area contributed by atoms with Gasteiger partial charge in [0, 0.05) is 12.3 Å². The molecule has 5 heteroatoms. The highest BCUT2D eigenvalue weighted by molar-refractivity contribution is 7.91. The topological polar surface area (TPSA) is 66.4 Å². The van der Waals surface area contributed by atoms with Gasteiger partial charge in [-0.3, -0.25) is 0 Å². The van der Waals surface area contributed by atoms with Crippen molar-refractivity contribution in [2.75, 3.05) is 12.9 Å². The minimum absolute atomic E-state index is 0.0682. The van der Waals surface area contributed by atoms with Crippen molar-refractivity contribution >= 4 is 9.84 Å². The van der Waals surface area contributed by atoms with Crippen LogP contribution in [0.15, 0.2) is 0 Å². The Morgan fingerprint density at radius 2 is 1.74 bits per heavy atom. The van der Waals surface area contributed by atoms with Crippen LogP contribution < -0.4 is 5.32 Å². The van der Waals surface area contributed by atoms with Gasteiger partial charge in [0.25, 0.3) is 0 Å². The molecular weight excluding hydrogens is 262 g/mol. The van der Waals surface area contributed by atoms with Crippen molar-refractivity contribution in [3.63, 3.8) is 0 Å². The molecule has 19 heavy (non-hydrogen) atoms. The maximum absolute atomic E-state index is 12.0. The first-order valence-corrected chi connectivity index (χ1v) is 9.51. The van der Waals surface area contributed by atoms with Crippen molar-refractivity contribution in [1.82, 2.24) is 5.32 Å². The van der Waals surface area contributed by atoms with Gasteiger partial charge in [-0.2, -0.15) is 0 Å². The molecule has 2 aliphatic carbocycles. The smallest absolute Gasteiger partial charge is 0.152 e. The molecule has 2 atom stereocenters. The Labute approximate surface area is 116 Å². The van der Waals surface area contributed by atoms with Crippen LogP contribution in [-0.4, -0.2) is 43.2 Å². The van der Waals surface area contributed by atoms with Gasteiger partial charge in [-0.25, -0.2) is 8.42 Å². The highest BCUT2D eigenvalue weighted by Gasteiger charge is 2.48. The largest absolute Gasteiger partial charge is 0.394 e. The molecule has 2 rings (SSSR count). The Morgan fingerprint density at radius 1 is 1.11 bits per heavy atom. The van der Waals surface area contributed by atoms with E-state index in [1.807, 2.05) is 0 Å². The van der Waals surface area contributed by atoms with Crippen molar-refractivity contribution in [2.45, 2.75) is 74.6 Å². The summed E-state index contributed by atoms with van der Waals surface area (Å²) in [5.41, 5.74) is -0.595. The van der Waals surface area contributed by atoms with E-state index in [0.717, 1.165) is 25.7 Å². The SMILES string of the molecule is CS(=O)(=O)C1CCCC1(CO)NC1CCCCCC1. The molecule has 2 unspecified atom stereocenters. The minimum atomic E-state index is -3.10. The predicted octanol–water partition coefficient (Wildman–Crippen LogP) is 1.63. The Balaban J connectivity index is 2.12. The number of hydrogen-bond donors (Lipinski definition) is 2. The van der Waals surface area contributed by atoms with E-state index < -0.39 is 20.6 Å². The van der Waals surface area contributed by atoms with Crippen LogP contribution in [0.1, 0.15) is 57.8 Å². The predicted molar refractivity (Wildman–Crippen MR) is 76.9 cm³/mol. The molecule has 2 aliphatic rings. The molecule has 0 aromatic carbocycles. The highest BCUT2D eigenvalue weighted by atomic mass is 32.2. The molecule has 2 N–H and O–H groups in total. The third-order valence-corrected chi connectivity index (χ3v) is 6.57. The number of aliphatic hydroxyl groups excluding tert-OH is 1. The van der Waals surface area contributed by atoms with Crippen molar-refractivity contribution in [2.24, 2.45) is 0 Å². The quantitative estimate of drug-likeness (QED) is 0.772. The molecule has 0 radical (unpaired) electrons. The van der Waals surface area contributed by atoms with Gasteiger partial charge in [-0.15, -0.1) is 0 Å². The van der Waals surface area contributed by atoms with E-state index >= 15 is 0 Å². The van der Waals surface area contributed by atoms with Gasteiger partial charge in [0.05, 0.1) is 17.4 Å². The van der Waals surface area contributed by atoms with Gasteiger partial charge < -0.3 is 10.4 Å². The molecule has 0 amide bonds. The van der Waals surface area contributed by atoms with Crippen molar-refractivity contribution in [3.05, 3.63) is 0 Å². The molecule has 2 fully saturated rings. The summed E-state index contributed by atoms with van der Waals surface area (Å²) in [4.78, 5) is 0. The number of sulfone groups is 1. The first-order valence-electron chi connectivity index (χ1n) is 7.55. The summed E-state index contributed by atoms with van der Waals surface area (Å²) in [6, 6.07) is 0.372. The second-order valence-corrected chi connectivity index (χ2v) is 8.59. The van der Waals surface area contributed by atoms with E-state index in [4.69, 9.17) is 0 Å². The van der Waals surface area contributed by atoms with Crippen LogP contribution in [0.25, 0.3) is 0 Å². The molecule has 0 aliphatic heterocycles. The normalized spacial score (nSPS) is 34.3. The number of nitrogens with one attached hydrogen (secondary N) is 1. The summed E-state index contributed by atoms with van der Waals surface area (Å²) in [6.07, 6.45) is 10.8. The zero-order valence-electron chi connectivity index (χ0n) is 11.9. The molecule has 0 aromatic heterocycles. The molecule has 0 spiro atoms. The monoisotopic (exact) mass is 289 g/mol. The third kappa shape index (κ3) is 3.50. The maximum Gasteiger partial charge on any atom is 0.152 e. The molecule has 0 saturated heterocycles. The molecule has 2 saturated carbocycles. The average molecular weight is 289 g/mol. The lowest BCUT2D eigenvalue weighted by molar-refractivity contribution is 0.148. The lowest BCUT2D eigenvalue weighted by Crippen LogP contribution is -2.59. The lowest BCUT2D eigenvalue weighted by Gasteiger charge is -2.37. The minimum Gasteiger partial charge on any atom is -0.394 e. The molecule has 112 valence electrons. The highest BCUT2D eigenvalue weighted by Crippen LogP contribution is 2.36. The van der Waals surface area contributed by atoms with Gasteiger partial charge in [0.15, 0.2) is 9.84 Å². The van der Waals surface area contributed by atoms with E-state index in [0.29, 0.717) is 12.5 Å². The van der Waals surface area contributed by atoms with Crippen LogP contribution >= 0.6 is 0 Å². The summed E-state index contributed by atoms with van der Waals surface area (Å²) in [5, 5.41) is 12.9. The average Bonchev–Trinajstić information content (AvgIpc) is 2.61. The molecule has 4 nitrogen and oxygen atoms in total. The molecular formula is C14H27NO3S. The summed E-state index contributed by atoms with van der Waals surface area (Å²) < 4.78 is 23.9. The van der Waals surface area contributed by atoms with Crippen LogP contribution in [0.5, 0.6) is 0 Å². The van der Waals surface area contributed by atoms with Gasteiger partial charge in [-0.1, -0.05) is 32.1 Å². The van der Waals surface area contributed by atoms with Crippen LogP contribution in [0, 0.1) is 0 Å². The second-order valence-electron chi connectivity index (χ2n) is 6.36. The Kier molecular flexibility index (Phi) is 4.90. The van der Waals surface area contributed by atoms with Crippen molar-refractivity contribution in [3.8, 4) is 0 Å². The van der Waals surface area contributed by atoms with E-state index in [-0.39, 0.29) is 6.61 Å². The van der Waals surface area contributed by atoms with Crippen LogP contribution in [0.3, 0.4) is 0 Å². The summed E-state index contributed by atoms with van der Waals surface area (Å²) in [5.74, 6) is 0. The number of hydrogen-bond acceptors (Lipinski definition) is 4. The van der Waals surface area contributed by atoms with E-state index in [2.05, 4.69) is 5.32 Å². The Hall–Kier alpha value is -0.130. The van der Waals surface area contributed by atoms with Crippen LogP contribution in [0.4, 0.5) is 0 Å². The molecule has 0 aromatic rings. The van der Waals surface area contributed by atoms with Gasteiger partial charge >= 0.3 is 0 Å². The summed E-state index contributed by atoms with van der Waals surface area (Å²) in [6.45, 7) is -0.0682. The zero-order valence-corrected chi connectivity index (χ0v) is 12.7. The maximum atomic E-state index is 12.0. The van der Waals surface area contributed by atoms with Gasteiger partial charge in [0.1, 0.15) is 0 Å². The first kappa shape index (κ1) is 15.3. The summed E-state index contributed by atoms with van der Waals surface area (Å²) in [7, 11) is -3.10. The Morgan fingerprint density at radius 3 is 2.26 bits per heavy atom. The van der Waals surface area contributed by atoms with Crippen LogP contribution in [0.2, 0.25) is 0 Å². The van der Waals surface area contributed by atoms with E-state index in [9.17, 15) is 13.5 Å². The fraction of sp³-hybridized carbons (Fsp3) is 1.00. The molecule has 0 bridgehead atoms. The summed E-state index contributed by atoms with van der Waals surface area (Å²) >= 11 is 0. The second kappa shape index (κ2) is 6.10. The van der Waals surface area contributed by atoms with Crippen LogP contribution in [-0.2, 0) is 9.84 Å². The third-order valence-electron chi connectivity index (χ3n) is 4.85. The number of rotatable bonds is 4. The standard InChI is InChI=1S/C14H27NO3S/c1-19(17,18)13-9-6-10-14(13,11-16)15-12-7-4-2-3-5-8-12/h12-13,15-16H,2-11H2,1H3. The number of aliphatic hydroxyl groups is 1. The van der Waals surface area contributed by atoms with Crippen molar-refractivity contribution < 1.29 is 13.5 Å². The zero-order chi connectivity index (χ0) is 13.9. The van der Waals surface area contributed by atoms with Gasteiger partial charge in [0.2, 0.25) is 0 Å².